The third kappa shape index (κ3) is 5.83. The Morgan fingerprint density at radius 2 is 1.90 bits per heavy atom. The van der Waals surface area contributed by atoms with Gasteiger partial charge in [0.1, 0.15) is 0 Å². The topological polar surface area (TPSA) is 66.4 Å². The summed E-state index contributed by atoms with van der Waals surface area (Å²) in [6.45, 7) is 2.56. The van der Waals surface area contributed by atoms with Crippen LogP contribution in [0.15, 0.2) is 29.2 Å². The van der Waals surface area contributed by atoms with Crippen LogP contribution in [0.25, 0.3) is 0 Å². The van der Waals surface area contributed by atoms with Gasteiger partial charge in [0.2, 0.25) is 0 Å². The van der Waals surface area contributed by atoms with Gasteiger partial charge in [-0.25, -0.2) is 8.42 Å². The lowest BCUT2D eigenvalue weighted by Crippen LogP contribution is -2.30. The van der Waals surface area contributed by atoms with Crippen LogP contribution in [-0.4, -0.2) is 44.4 Å². The molecule has 0 saturated carbocycles. The lowest BCUT2D eigenvalue weighted by molar-refractivity contribution is 0.170. The Balaban J connectivity index is 2.54. The summed E-state index contributed by atoms with van der Waals surface area (Å²) in [5.41, 5.74) is 0.724. The molecule has 0 heterocycles. The van der Waals surface area contributed by atoms with Gasteiger partial charge in [-0.05, 0) is 43.0 Å². The summed E-state index contributed by atoms with van der Waals surface area (Å²) in [6.07, 6.45) is 3.68. The van der Waals surface area contributed by atoms with Gasteiger partial charge in [0.25, 0.3) is 0 Å². The van der Waals surface area contributed by atoms with Gasteiger partial charge in [0.05, 0.1) is 11.0 Å². The lowest BCUT2D eigenvalue weighted by Gasteiger charge is -2.17. The molecule has 2 unspecified atom stereocenters. The van der Waals surface area contributed by atoms with Crippen molar-refractivity contribution >= 4 is 21.6 Å². The highest BCUT2D eigenvalue weighted by Gasteiger charge is 2.11. The van der Waals surface area contributed by atoms with Crippen molar-refractivity contribution in [1.82, 2.24) is 5.32 Å². The van der Waals surface area contributed by atoms with Crippen molar-refractivity contribution in [3.63, 3.8) is 0 Å². The first-order valence-corrected chi connectivity index (χ1v) is 9.83. The highest BCUT2D eigenvalue weighted by atomic mass is 32.2. The Bertz CT molecular complexity index is 500. The van der Waals surface area contributed by atoms with E-state index in [1.54, 1.807) is 23.9 Å². The highest BCUT2D eigenvalue weighted by Crippen LogP contribution is 2.16. The number of hydrogen-bond acceptors (Lipinski definition) is 5. The fourth-order valence-electron chi connectivity index (χ4n) is 1.76. The Morgan fingerprint density at radius 3 is 2.40 bits per heavy atom. The number of benzene rings is 1. The summed E-state index contributed by atoms with van der Waals surface area (Å²) in [5, 5.41) is 13.4. The number of rotatable bonds is 8. The van der Waals surface area contributed by atoms with Crippen molar-refractivity contribution in [2.75, 3.05) is 24.8 Å². The normalized spacial score (nSPS) is 15.0. The van der Waals surface area contributed by atoms with Gasteiger partial charge < -0.3 is 10.4 Å². The Morgan fingerprint density at radius 1 is 1.30 bits per heavy atom. The average molecular weight is 317 g/mol. The van der Waals surface area contributed by atoms with E-state index in [4.69, 9.17) is 0 Å². The van der Waals surface area contributed by atoms with Crippen LogP contribution in [0.4, 0.5) is 0 Å². The summed E-state index contributed by atoms with van der Waals surface area (Å²) < 4.78 is 22.7. The maximum atomic E-state index is 11.4. The molecule has 0 bridgehead atoms. The third-order valence-corrected chi connectivity index (χ3v) is 4.88. The largest absolute Gasteiger partial charge is 0.387 e. The van der Waals surface area contributed by atoms with Crippen molar-refractivity contribution in [1.29, 1.82) is 0 Å². The number of sulfone groups is 1. The molecule has 0 aliphatic heterocycles. The predicted molar refractivity (Wildman–Crippen MR) is 85.0 cm³/mol. The molecule has 0 amide bonds. The standard InChI is InChI=1S/C14H23NO3S2/c1-11(8-9-19-2)15-10-14(16)12-4-6-13(7-5-12)20(3,17)18/h4-7,11,14-16H,8-10H2,1-3H3. The van der Waals surface area contributed by atoms with Gasteiger partial charge in [0, 0.05) is 18.8 Å². The number of aliphatic hydroxyl groups excluding tert-OH is 1. The summed E-state index contributed by atoms with van der Waals surface area (Å²) in [6, 6.07) is 6.74. The summed E-state index contributed by atoms with van der Waals surface area (Å²) >= 11 is 1.81. The van der Waals surface area contributed by atoms with E-state index in [2.05, 4.69) is 18.5 Å². The Hall–Kier alpha value is -0.560. The summed E-state index contributed by atoms with van der Waals surface area (Å²) in [4.78, 5) is 0.273. The molecule has 114 valence electrons. The molecule has 0 fully saturated rings. The van der Waals surface area contributed by atoms with E-state index in [0.717, 1.165) is 17.7 Å². The second-order valence-electron chi connectivity index (χ2n) is 4.95. The van der Waals surface area contributed by atoms with Crippen molar-refractivity contribution in [3.8, 4) is 0 Å². The van der Waals surface area contributed by atoms with Crippen LogP contribution in [0.1, 0.15) is 25.0 Å². The molecule has 4 nitrogen and oxygen atoms in total. The molecular weight excluding hydrogens is 294 g/mol. The van der Waals surface area contributed by atoms with E-state index in [-0.39, 0.29) is 4.90 Å². The Labute approximate surface area is 125 Å². The minimum Gasteiger partial charge on any atom is -0.387 e. The first-order valence-electron chi connectivity index (χ1n) is 6.55. The fraction of sp³-hybridized carbons (Fsp3) is 0.571. The van der Waals surface area contributed by atoms with Crippen LogP contribution in [0, 0.1) is 0 Å². The molecule has 6 heteroatoms. The van der Waals surface area contributed by atoms with Crippen LogP contribution in [0.2, 0.25) is 0 Å². The maximum Gasteiger partial charge on any atom is 0.175 e. The van der Waals surface area contributed by atoms with E-state index in [1.807, 2.05) is 0 Å². The molecule has 0 aromatic heterocycles. The zero-order valence-corrected chi connectivity index (χ0v) is 13.8. The van der Waals surface area contributed by atoms with Crippen molar-refractivity contribution < 1.29 is 13.5 Å². The third-order valence-electron chi connectivity index (χ3n) is 3.11. The maximum absolute atomic E-state index is 11.4. The minimum atomic E-state index is -3.18. The molecule has 20 heavy (non-hydrogen) atoms. The fourth-order valence-corrected chi connectivity index (χ4v) is 2.98. The second-order valence-corrected chi connectivity index (χ2v) is 7.95. The zero-order chi connectivity index (χ0) is 15.2. The van der Waals surface area contributed by atoms with E-state index in [0.29, 0.717) is 12.6 Å². The smallest absolute Gasteiger partial charge is 0.175 e. The quantitative estimate of drug-likeness (QED) is 0.766. The van der Waals surface area contributed by atoms with E-state index in [1.165, 1.54) is 18.4 Å². The molecule has 0 radical (unpaired) electrons. The van der Waals surface area contributed by atoms with E-state index < -0.39 is 15.9 Å². The Kier molecular flexibility index (Phi) is 7.02. The molecule has 0 spiro atoms. The molecule has 1 aromatic carbocycles. The summed E-state index contributed by atoms with van der Waals surface area (Å²) in [5.74, 6) is 1.09. The first kappa shape index (κ1) is 17.5. The van der Waals surface area contributed by atoms with Crippen molar-refractivity contribution in [2.24, 2.45) is 0 Å². The molecule has 2 N–H and O–H groups in total. The molecule has 0 saturated heterocycles. The van der Waals surface area contributed by atoms with Gasteiger partial charge in [0.15, 0.2) is 9.84 Å². The van der Waals surface area contributed by atoms with E-state index >= 15 is 0 Å². The van der Waals surface area contributed by atoms with E-state index in [9.17, 15) is 13.5 Å². The molecular formula is C14H23NO3S2. The molecule has 2 atom stereocenters. The van der Waals surface area contributed by atoms with Gasteiger partial charge in [-0.1, -0.05) is 12.1 Å². The number of aliphatic hydroxyl groups is 1. The lowest BCUT2D eigenvalue weighted by atomic mass is 10.1. The van der Waals surface area contributed by atoms with Crippen LogP contribution >= 0.6 is 11.8 Å². The van der Waals surface area contributed by atoms with Gasteiger partial charge in [-0.15, -0.1) is 0 Å². The predicted octanol–water partition coefficient (Wildman–Crippen LogP) is 1.85. The van der Waals surface area contributed by atoms with Crippen molar-refractivity contribution in [3.05, 3.63) is 29.8 Å². The molecule has 0 aliphatic rings. The minimum absolute atomic E-state index is 0.273. The van der Waals surface area contributed by atoms with Gasteiger partial charge in [-0.2, -0.15) is 11.8 Å². The van der Waals surface area contributed by atoms with Crippen LogP contribution in [0.3, 0.4) is 0 Å². The SMILES string of the molecule is CSCCC(C)NCC(O)c1ccc(S(C)(=O)=O)cc1. The second kappa shape index (κ2) is 8.02. The summed E-state index contributed by atoms with van der Waals surface area (Å²) in [7, 11) is -3.18. The van der Waals surface area contributed by atoms with Gasteiger partial charge in [-0.3, -0.25) is 0 Å². The van der Waals surface area contributed by atoms with Crippen LogP contribution < -0.4 is 5.32 Å². The monoisotopic (exact) mass is 317 g/mol. The first-order chi connectivity index (χ1) is 9.34. The average Bonchev–Trinajstić information content (AvgIpc) is 2.41. The van der Waals surface area contributed by atoms with Gasteiger partial charge >= 0.3 is 0 Å². The molecule has 1 aromatic rings. The number of thioether (sulfide) groups is 1. The van der Waals surface area contributed by atoms with Crippen molar-refractivity contribution in [2.45, 2.75) is 30.4 Å². The van der Waals surface area contributed by atoms with Crippen LogP contribution in [-0.2, 0) is 9.84 Å². The molecule has 0 aliphatic carbocycles. The zero-order valence-electron chi connectivity index (χ0n) is 12.2. The number of nitrogens with one attached hydrogen (secondary N) is 1. The highest BCUT2D eigenvalue weighted by molar-refractivity contribution is 7.98. The number of hydrogen-bond donors (Lipinski definition) is 2. The van der Waals surface area contributed by atoms with Crippen LogP contribution in [0.5, 0.6) is 0 Å². The molecule has 1 rings (SSSR count).